The second-order valence-corrected chi connectivity index (χ2v) is 4.12. The highest BCUT2D eigenvalue weighted by molar-refractivity contribution is 6.30. The van der Waals surface area contributed by atoms with Gasteiger partial charge in [-0.25, -0.2) is 9.07 Å². The number of aromatic nitrogens is 2. The smallest absolute Gasteiger partial charge is 0.163 e. The van der Waals surface area contributed by atoms with Crippen LogP contribution in [0.1, 0.15) is 23.0 Å². The maximum absolute atomic E-state index is 13.3. The predicted octanol–water partition coefficient (Wildman–Crippen LogP) is 3.18. The van der Waals surface area contributed by atoms with Crippen LogP contribution in [0.2, 0.25) is 5.02 Å². The number of halogens is 2. The first kappa shape index (κ1) is 11.8. The second kappa shape index (κ2) is 4.30. The summed E-state index contributed by atoms with van der Waals surface area (Å²) in [5, 5.41) is 4.12. The molecule has 0 aliphatic rings. The van der Waals surface area contributed by atoms with E-state index in [9.17, 15) is 9.18 Å². The van der Waals surface area contributed by atoms with Crippen molar-refractivity contribution in [3.63, 3.8) is 0 Å². The third-order valence-corrected chi connectivity index (χ3v) is 2.84. The molecule has 0 atom stereocenters. The number of hydrogen-bond acceptors (Lipinski definition) is 2. The molecule has 0 aliphatic heterocycles. The van der Waals surface area contributed by atoms with Crippen molar-refractivity contribution < 1.29 is 9.18 Å². The van der Waals surface area contributed by atoms with E-state index in [1.165, 1.54) is 29.9 Å². The summed E-state index contributed by atoms with van der Waals surface area (Å²) in [6, 6.07) is 4.39. The van der Waals surface area contributed by atoms with E-state index in [1.54, 1.807) is 13.0 Å². The fourth-order valence-corrected chi connectivity index (χ4v) is 1.75. The molecule has 0 N–H and O–H groups in total. The minimum atomic E-state index is -0.511. The minimum Gasteiger partial charge on any atom is -0.294 e. The summed E-state index contributed by atoms with van der Waals surface area (Å²) in [4.78, 5) is 11.3. The molecule has 1 heterocycles. The van der Waals surface area contributed by atoms with Crippen molar-refractivity contribution in [1.29, 1.82) is 0 Å². The highest BCUT2D eigenvalue weighted by atomic mass is 35.5. The number of Topliss-reactive ketones (excluding diaryl/α,β-unsaturated/α-hetero) is 1. The van der Waals surface area contributed by atoms with Crippen LogP contribution in [0.15, 0.2) is 24.4 Å². The van der Waals surface area contributed by atoms with E-state index in [1.807, 2.05) is 0 Å². The number of ketones is 1. The Morgan fingerprint density at radius 3 is 2.71 bits per heavy atom. The van der Waals surface area contributed by atoms with Gasteiger partial charge in [-0.05, 0) is 26.0 Å². The van der Waals surface area contributed by atoms with E-state index >= 15 is 0 Å². The fraction of sp³-hybridized carbons (Fsp3) is 0.167. The molecule has 0 unspecified atom stereocenters. The molecule has 2 aromatic rings. The maximum atomic E-state index is 13.3. The van der Waals surface area contributed by atoms with Crippen molar-refractivity contribution in [2.75, 3.05) is 0 Å². The lowest BCUT2D eigenvalue weighted by Crippen LogP contribution is -2.01. The van der Waals surface area contributed by atoms with E-state index in [2.05, 4.69) is 5.10 Å². The Labute approximate surface area is 103 Å². The number of carbonyl (C=O) groups excluding carboxylic acids is 1. The Morgan fingerprint density at radius 1 is 1.47 bits per heavy atom. The highest BCUT2D eigenvalue weighted by Crippen LogP contribution is 2.20. The molecular formula is C12H10ClFN2O. The van der Waals surface area contributed by atoms with E-state index in [4.69, 9.17) is 11.6 Å². The maximum Gasteiger partial charge on any atom is 0.163 e. The molecule has 0 fully saturated rings. The summed E-state index contributed by atoms with van der Waals surface area (Å²) in [7, 11) is 0. The molecule has 0 bridgehead atoms. The fourth-order valence-electron chi connectivity index (χ4n) is 1.63. The first-order valence-electron chi connectivity index (χ1n) is 5.01. The summed E-state index contributed by atoms with van der Waals surface area (Å²) >= 11 is 5.60. The summed E-state index contributed by atoms with van der Waals surface area (Å²) in [5.74, 6) is -0.577. The molecule has 1 aromatic carbocycles. The Balaban J connectivity index is 2.53. The van der Waals surface area contributed by atoms with Gasteiger partial charge in [0.25, 0.3) is 0 Å². The molecule has 88 valence electrons. The molecular weight excluding hydrogens is 243 g/mol. The predicted molar refractivity (Wildman–Crippen MR) is 63.3 cm³/mol. The number of nitrogens with zero attached hydrogens (tertiary/aromatic N) is 2. The third-order valence-electron chi connectivity index (χ3n) is 2.54. The van der Waals surface area contributed by atoms with E-state index < -0.39 is 5.82 Å². The molecule has 1 aromatic heterocycles. The zero-order valence-electron chi connectivity index (χ0n) is 9.37. The zero-order valence-corrected chi connectivity index (χ0v) is 10.1. The van der Waals surface area contributed by atoms with Crippen LogP contribution in [0.4, 0.5) is 4.39 Å². The van der Waals surface area contributed by atoms with Gasteiger partial charge >= 0.3 is 0 Å². The molecule has 3 nitrogen and oxygen atoms in total. The van der Waals surface area contributed by atoms with E-state index in [0.29, 0.717) is 16.9 Å². The van der Waals surface area contributed by atoms with Gasteiger partial charge in [-0.1, -0.05) is 11.6 Å². The van der Waals surface area contributed by atoms with Crippen LogP contribution in [-0.4, -0.2) is 15.6 Å². The van der Waals surface area contributed by atoms with Crippen LogP contribution in [-0.2, 0) is 0 Å². The summed E-state index contributed by atoms with van der Waals surface area (Å²) in [5.41, 5.74) is 1.75. The Bertz CT molecular complexity index is 592. The van der Waals surface area contributed by atoms with Crippen LogP contribution < -0.4 is 0 Å². The largest absolute Gasteiger partial charge is 0.294 e. The Hall–Kier alpha value is -1.68. The molecule has 0 spiro atoms. The van der Waals surface area contributed by atoms with E-state index in [0.717, 1.165) is 0 Å². The normalized spacial score (nSPS) is 10.6. The lowest BCUT2D eigenvalue weighted by atomic mass is 10.2. The lowest BCUT2D eigenvalue weighted by Gasteiger charge is -2.05. The van der Waals surface area contributed by atoms with Gasteiger partial charge in [0.1, 0.15) is 5.82 Å². The summed E-state index contributed by atoms with van der Waals surface area (Å²) in [6.07, 6.45) is 1.48. The number of carbonyl (C=O) groups is 1. The highest BCUT2D eigenvalue weighted by Gasteiger charge is 2.12. The number of benzene rings is 1. The van der Waals surface area contributed by atoms with Gasteiger partial charge in [-0.3, -0.25) is 4.79 Å². The van der Waals surface area contributed by atoms with Crippen molar-refractivity contribution in [3.8, 4) is 5.69 Å². The molecule has 0 amide bonds. The second-order valence-electron chi connectivity index (χ2n) is 3.71. The molecule has 5 heteroatoms. The third kappa shape index (κ3) is 2.08. The van der Waals surface area contributed by atoms with Gasteiger partial charge < -0.3 is 0 Å². The van der Waals surface area contributed by atoms with Crippen molar-refractivity contribution in [2.24, 2.45) is 0 Å². The monoisotopic (exact) mass is 252 g/mol. The van der Waals surface area contributed by atoms with Crippen LogP contribution in [0.3, 0.4) is 0 Å². The van der Waals surface area contributed by atoms with Crippen molar-refractivity contribution in [3.05, 3.63) is 46.5 Å². The molecule has 0 saturated carbocycles. The average molecular weight is 253 g/mol. The topological polar surface area (TPSA) is 34.9 Å². The number of hydrogen-bond donors (Lipinski definition) is 0. The lowest BCUT2D eigenvalue weighted by molar-refractivity contribution is 0.101. The van der Waals surface area contributed by atoms with Gasteiger partial charge in [0, 0.05) is 6.07 Å². The standard InChI is InChI=1S/C12H10ClFN2O/c1-7-10(8(2)17)6-15-16(7)9-3-4-11(13)12(14)5-9/h3-6H,1-2H3. The van der Waals surface area contributed by atoms with Crippen LogP contribution in [0.25, 0.3) is 5.69 Å². The van der Waals surface area contributed by atoms with Crippen molar-refractivity contribution in [1.82, 2.24) is 9.78 Å². The molecule has 0 aliphatic carbocycles. The van der Waals surface area contributed by atoms with Crippen LogP contribution >= 0.6 is 11.6 Å². The summed E-state index contributed by atoms with van der Waals surface area (Å²) < 4.78 is 14.8. The molecule has 0 saturated heterocycles. The summed E-state index contributed by atoms with van der Waals surface area (Å²) in [6.45, 7) is 3.23. The van der Waals surface area contributed by atoms with Gasteiger partial charge in [-0.2, -0.15) is 5.10 Å². The Morgan fingerprint density at radius 2 is 2.18 bits per heavy atom. The van der Waals surface area contributed by atoms with E-state index in [-0.39, 0.29) is 10.8 Å². The number of rotatable bonds is 2. The SMILES string of the molecule is CC(=O)c1cnn(-c2ccc(Cl)c(F)c2)c1C. The van der Waals surface area contributed by atoms with Gasteiger partial charge in [0.15, 0.2) is 5.78 Å². The molecule has 17 heavy (non-hydrogen) atoms. The average Bonchev–Trinajstić information content (AvgIpc) is 2.64. The van der Waals surface area contributed by atoms with Crippen molar-refractivity contribution >= 4 is 17.4 Å². The minimum absolute atomic E-state index is 0.0605. The van der Waals surface area contributed by atoms with Gasteiger partial charge in [0.2, 0.25) is 0 Å². The quantitative estimate of drug-likeness (QED) is 0.770. The van der Waals surface area contributed by atoms with Crippen LogP contribution in [0, 0.1) is 12.7 Å². The Kier molecular flexibility index (Phi) is 2.98. The zero-order chi connectivity index (χ0) is 12.6. The molecule has 2 rings (SSSR count). The van der Waals surface area contributed by atoms with Gasteiger partial charge in [0.05, 0.1) is 28.2 Å². The van der Waals surface area contributed by atoms with Gasteiger partial charge in [-0.15, -0.1) is 0 Å². The first-order chi connectivity index (χ1) is 8.00. The van der Waals surface area contributed by atoms with Crippen LogP contribution in [0.5, 0.6) is 0 Å². The molecule has 0 radical (unpaired) electrons. The van der Waals surface area contributed by atoms with Crippen molar-refractivity contribution in [2.45, 2.75) is 13.8 Å². The first-order valence-corrected chi connectivity index (χ1v) is 5.39.